The molecule has 23 heavy (non-hydrogen) atoms. The number of hydrazine groups is 1. The Hall–Kier alpha value is -3.35. The van der Waals surface area contributed by atoms with E-state index in [0.29, 0.717) is 17.0 Å². The number of carbonyl (C=O) groups excluding carboxylic acids is 3. The van der Waals surface area contributed by atoms with Crippen LogP contribution in [-0.4, -0.2) is 17.7 Å². The number of nitrogens with one attached hydrogen (secondary N) is 3. The van der Waals surface area contributed by atoms with Crippen molar-refractivity contribution in [2.75, 3.05) is 5.32 Å². The van der Waals surface area contributed by atoms with Crippen LogP contribution in [0.1, 0.15) is 23.0 Å². The number of furan rings is 1. The van der Waals surface area contributed by atoms with E-state index in [1.54, 1.807) is 24.3 Å². The van der Waals surface area contributed by atoms with Crippen molar-refractivity contribution >= 4 is 29.5 Å². The third-order valence-electron chi connectivity index (χ3n) is 2.71. The molecule has 0 saturated carbocycles. The van der Waals surface area contributed by atoms with Crippen LogP contribution in [0.3, 0.4) is 0 Å². The van der Waals surface area contributed by atoms with Crippen LogP contribution in [0.5, 0.6) is 0 Å². The smallest absolute Gasteiger partial charge is 0.269 e. The number of hydrogen-bond donors (Lipinski definition) is 3. The largest absolute Gasteiger partial charge is 0.465 e. The molecular weight excluding hydrogens is 298 g/mol. The van der Waals surface area contributed by atoms with Gasteiger partial charge in [0.1, 0.15) is 5.76 Å². The molecule has 0 aliphatic rings. The van der Waals surface area contributed by atoms with Crippen molar-refractivity contribution in [2.24, 2.45) is 0 Å². The highest BCUT2D eigenvalue weighted by atomic mass is 16.3. The van der Waals surface area contributed by atoms with E-state index < -0.39 is 11.8 Å². The summed E-state index contributed by atoms with van der Waals surface area (Å²) in [6, 6.07) is 9.64. The Balaban J connectivity index is 1.84. The average molecular weight is 313 g/mol. The summed E-state index contributed by atoms with van der Waals surface area (Å²) < 4.78 is 5.03. The van der Waals surface area contributed by atoms with Gasteiger partial charge in [-0.05, 0) is 42.5 Å². The van der Waals surface area contributed by atoms with E-state index in [1.807, 2.05) is 0 Å². The summed E-state index contributed by atoms with van der Waals surface area (Å²) in [5.74, 6) is -0.637. The third kappa shape index (κ3) is 5.16. The van der Waals surface area contributed by atoms with Crippen LogP contribution in [0.15, 0.2) is 53.2 Å². The molecule has 3 N–H and O–H groups in total. The first kappa shape index (κ1) is 16.0. The van der Waals surface area contributed by atoms with E-state index in [0.717, 1.165) is 0 Å². The van der Waals surface area contributed by atoms with Crippen molar-refractivity contribution in [1.29, 1.82) is 0 Å². The Morgan fingerprint density at radius 1 is 1.04 bits per heavy atom. The summed E-state index contributed by atoms with van der Waals surface area (Å²) in [5, 5.41) is 2.59. The van der Waals surface area contributed by atoms with Crippen molar-refractivity contribution in [3.63, 3.8) is 0 Å². The van der Waals surface area contributed by atoms with Gasteiger partial charge < -0.3 is 9.73 Å². The summed E-state index contributed by atoms with van der Waals surface area (Å²) >= 11 is 0. The minimum Gasteiger partial charge on any atom is -0.465 e. The van der Waals surface area contributed by atoms with Gasteiger partial charge in [-0.15, -0.1) is 0 Å². The average Bonchev–Trinajstić information content (AvgIpc) is 3.04. The first-order valence-electron chi connectivity index (χ1n) is 6.74. The van der Waals surface area contributed by atoms with Gasteiger partial charge in [-0.2, -0.15) is 0 Å². The summed E-state index contributed by atoms with van der Waals surface area (Å²) in [6.45, 7) is 1.40. The van der Waals surface area contributed by atoms with Crippen molar-refractivity contribution in [3.8, 4) is 0 Å². The molecule has 0 radical (unpaired) electrons. The summed E-state index contributed by atoms with van der Waals surface area (Å²) in [6.07, 6.45) is 4.20. The number of amides is 3. The second kappa shape index (κ2) is 7.60. The van der Waals surface area contributed by atoms with Crippen LogP contribution in [0.25, 0.3) is 6.08 Å². The second-order valence-corrected chi connectivity index (χ2v) is 4.55. The van der Waals surface area contributed by atoms with Gasteiger partial charge >= 0.3 is 0 Å². The van der Waals surface area contributed by atoms with Crippen LogP contribution in [0, 0.1) is 0 Å². The van der Waals surface area contributed by atoms with Gasteiger partial charge in [-0.3, -0.25) is 25.2 Å². The number of anilines is 1. The van der Waals surface area contributed by atoms with E-state index in [4.69, 9.17) is 4.42 Å². The van der Waals surface area contributed by atoms with E-state index in [-0.39, 0.29) is 5.91 Å². The maximum absolute atomic E-state index is 11.9. The monoisotopic (exact) mass is 313 g/mol. The number of rotatable bonds is 4. The molecule has 0 aliphatic heterocycles. The van der Waals surface area contributed by atoms with Crippen LogP contribution < -0.4 is 16.2 Å². The van der Waals surface area contributed by atoms with Crippen LogP contribution in [0.4, 0.5) is 5.69 Å². The molecule has 0 aliphatic carbocycles. The first-order chi connectivity index (χ1) is 11.0. The number of carbonyl (C=O) groups is 3. The molecule has 1 heterocycles. The molecule has 7 heteroatoms. The normalized spacial score (nSPS) is 10.3. The minimum atomic E-state index is -0.496. The zero-order valence-corrected chi connectivity index (χ0v) is 12.3. The molecular formula is C16H15N3O4. The van der Waals surface area contributed by atoms with Crippen molar-refractivity contribution in [2.45, 2.75) is 6.92 Å². The summed E-state index contributed by atoms with van der Waals surface area (Å²) in [7, 11) is 0. The van der Waals surface area contributed by atoms with E-state index in [2.05, 4.69) is 16.2 Å². The molecule has 0 bridgehead atoms. The third-order valence-corrected chi connectivity index (χ3v) is 2.71. The van der Waals surface area contributed by atoms with E-state index >= 15 is 0 Å². The lowest BCUT2D eigenvalue weighted by Crippen LogP contribution is -2.40. The van der Waals surface area contributed by atoms with Crippen LogP contribution in [-0.2, 0) is 9.59 Å². The van der Waals surface area contributed by atoms with Gasteiger partial charge in [0.05, 0.1) is 6.26 Å². The Morgan fingerprint density at radius 3 is 2.39 bits per heavy atom. The molecule has 1 aromatic carbocycles. The Labute approximate surface area is 132 Å². The fourth-order valence-electron chi connectivity index (χ4n) is 1.68. The van der Waals surface area contributed by atoms with Gasteiger partial charge in [0.2, 0.25) is 5.91 Å². The first-order valence-corrected chi connectivity index (χ1v) is 6.74. The number of benzene rings is 1. The highest BCUT2D eigenvalue weighted by Gasteiger charge is 2.06. The second-order valence-electron chi connectivity index (χ2n) is 4.55. The zero-order valence-electron chi connectivity index (χ0n) is 12.3. The molecule has 118 valence electrons. The van der Waals surface area contributed by atoms with Gasteiger partial charge in [-0.1, -0.05) is 0 Å². The summed E-state index contributed by atoms with van der Waals surface area (Å²) in [5.41, 5.74) is 5.46. The van der Waals surface area contributed by atoms with E-state index in [1.165, 1.54) is 37.5 Å². The minimum absolute atomic E-state index is 0.196. The lowest BCUT2D eigenvalue weighted by molar-refractivity contribution is -0.117. The Morgan fingerprint density at radius 2 is 1.78 bits per heavy atom. The van der Waals surface area contributed by atoms with Crippen molar-refractivity contribution in [1.82, 2.24) is 10.9 Å². The zero-order chi connectivity index (χ0) is 16.7. The Kier molecular flexibility index (Phi) is 5.30. The summed E-state index contributed by atoms with van der Waals surface area (Å²) in [4.78, 5) is 34.3. The quantitative estimate of drug-likeness (QED) is 0.591. The maximum atomic E-state index is 11.9. The van der Waals surface area contributed by atoms with Crippen LogP contribution >= 0.6 is 0 Å². The molecule has 3 amide bonds. The van der Waals surface area contributed by atoms with Gasteiger partial charge in [0.25, 0.3) is 11.8 Å². The molecule has 1 aromatic heterocycles. The van der Waals surface area contributed by atoms with E-state index in [9.17, 15) is 14.4 Å². The fraction of sp³-hybridized carbons (Fsp3) is 0.0625. The maximum Gasteiger partial charge on any atom is 0.269 e. The fourth-order valence-corrected chi connectivity index (χ4v) is 1.68. The van der Waals surface area contributed by atoms with Crippen molar-refractivity contribution in [3.05, 3.63) is 60.1 Å². The molecule has 0 spiro atoms. The highest BCUT2D eigenvalue weighted by molar-refractivity contribution is 5.98. The van der Waals surface area contributed by atoms with Gasteiger partial charge in [0, 0.05) is 24.3 Å². The topological polar surface area (TPSA) is 100 Å². The van der Waals surface area contributed by atoms with Gasteiger partial charge in [-0.25, -0.2) is 0 Å². The SMILES string of the molecule is CC(=O)Nc1ccc(C(=O)NNC(=O)/C=C/c2ccco2)cc1. The predicted octanol–water partition coefficient (Wildman–Crippen LogP) is 1.71. The predicted molar refractivity (Wildman–Crippen MR) is 84.1 cm³/mol. The molecule has 7 nitrogen and oxygen atoms in total. The number of hydrogen-bond acceptors (Lipinski definition) is 4. The highest BCUT2D eigenvalue weighted by Crippen LogP contribution is 2.09. The standard InChI is InChI=1S/C16H15N3O4/c1-11(20)17-13-6-4-12(5-7-13)16(22)19-18-15(21)9-8-14-3-2-10-23-14/h2-10H,1H3,(H,17,20)(H,18,21)(H,19,22)/b9-8+. The molecule has 0 fully saturated rings. The lowest BCUT2D eigenvalue weighted by Gasteiger charge is -2.06. The molecule has 0 saturated heterocycles. The van der Waals surface area contributed by atoms with Gasteiger partial charge in [0.15, 0.2) is 0 Å². The molecule has 0 atom stereocenters. The van der Waals surface area contributed by atoms with Crippen molar-refractivity contribution < 1.29 is 18.8 Å². The van der Waals surface area contributed by atoms with Crippen LogP contribution in [0.2, 0.25) is 0 Å². The Bertz CT molecular complexity index is 718. The lowest BCUT2D eigenvalue weighted by atomic mass is 10.2. The molecule has 0 unspecified atom stereocenters. The molecule has 2 rings (SSSR count). The molecule has 2 aromatic rings.